The van der Waals surface area contributed by atoms with Crippen molar-refractivity contribution in [2.45, 2.75) is 46.5 Å². The first-order valence-corrected chi connectivity index (χ1v) is 7.33. The Morgan fingerprint density at radius 2 is 1.68 bits per heavy atom. The average molecular weight is 263 g/mol. The monoisotopic (exact) mass is 263 g/mol. The molecule has 1 aromatic carbocycles. The van der Waals surface area contributed by atoms with E-state index in [1.165, 1.54) is 12.0 Å². The highest BCUT2D eigenvalue weighted by Gasteiger charge is 2.12. The van der Waals surface area contributed by atoms with Gasteiger partial charge in [-0.05, 0) is 42.0 Å². The topological polar surface area (TPSA) is 21.3 Å². The van der Waals surface area contributed by atoms with Crippen molar-refractivity contribution in [1.29, 1.82) is 0 Å². The highest BCUT2D eigenvalue weighted by atomic mass is 16.5. The van der Waals surface area contributed by atoms with Crippen LogP contribution in [0.1, 0.15) is 46.6 Å². The van der Waals surface area contributed by atoms with E-state index in [4.69, 9.17) is 4.74 Å². The number of ether oxygens (including phenoxy) is 1. The van der Waals surface area contributed by atoms with Crippen LogP contribution in [-0.4, -0.2) is 19.7 Å². The molecule has 0 fully saturated rings. The van der Waals surface area contributed by atoms with E-state index in [-0.39, 0.29) is 5.41 Å². The van der Waals surface area contributed by atoms with Gasteiger partial charge in [0.2, 0.25) is 0 Å². The Morgan fingerprint density at radius 1 is 1.05 bits per heavy atom. The summed E-state index contributed by atoms with van der Waals surface area (Å²) in [6.07, 6.45) is 1.22. The molecule has 0 saturated carbocycles. The third kappa shape index (κ3) is 6.63. The zero-order valence-corrected chi connectivity index (χ0v) is 13.1. The van der Waals surface area contributed by atoms with Crippen molar-refractivity contribution in [3.63, 3.8) is 0 Å². The molecule has 0 aliphatic carbocycles. The fourth-order valence-corrected chi connectivity index (χ4v) is 1.81. The molecule has 2 nitrogen and oxygen atoms in total. The van der Waals surface area contributed by atoms with Crippen LogP contribution in [0.15, 0.2) is 24.3 Å². The summed E-state index contributed by atoms with van der Waals surface area (Å²) in [6.45, 7) is 13.9. The maximum atomic E-state index is 5.72. The van der Waals surface area contributed by atoms with Gasteiger partial charge in [0.05, 0.1) is 0 Å². The van der Waals surface area contributed by atoms with Crippen molar-refractivity contribution < 1.29 is 4.74 Å². The van der Waals surface area contributed by atoms with E-state index in [2.05, 4.69) is 64.2 Å². The zero-order chi connectivity index (χ0) is 14.3. The molecular weight excluding hydrogens is 234 g/mol. The van der Waals surface area contributed by atoms with Crippen LogP contribution in [0.2, 0.25) is 0 Å². The lowest BCUT2D eigenvalue weighted by Gasteiger charge is -2.19. The highest BCUT2D eigenvalue weighted by Crippen LogP contribution is 2.24. The second-order valence-electron chi connectivity index (χ2n) is 6.56. The first-order valence-electron chi connectivity index (χ1n) is 7.33. The Hall–Kier alpha value is -1.02. The van der Waals surface area contributed by atoms with Crippen LogP contribution in [-0.2, 0) is 5.41 Å². The molecule has 108 valence electrons. The van der Waals surface area contributed by atoms with E-state index < -0.39 is 0 Å². The minimum Gasteiger partial charge on any atom is -0.492 e. The average Bonchev–Trinajstić information content (AvgIpc) is 2.32. The van der Waals surface area contributed by atoms with Crippen LogP contribution in [0.3, 0.4) is 0 Å². The molecule has 2 heteroatoms. The Morgan fingerprint density at radius 3 is 2.21 bits per heavy atom. The SMILES string of the molecule is CC(C)CCNCCOc1ccc(C(C)(C)C)cc1. The summed E-state index contributed by atoms with van der Waals surface area (Å²) in [5.74, 6) is 1.72. The molecule has 0 spiro atoms. The number of nitrogens with one attached hydrogen (secondary N) is 1. The van der Waals surface area contributed by atoms with Crippen molar-refractivity contribution in [1.82, 2.24) is 5.32 Å². The molecule has 0 aromatic heterocycles. The fraction of sp³-hybridized carbons (Fsp3) is 0.647. The molecule has 0 unspecified atom stereocenters. The van der Waals surface area contributed by atoms with E-state index in [1.54, 1.807) is 0 Å². The summed E-state index contributed by atoms with van der Waals surface area (Å²) in [5, 5.41) is 3.40. The summed E-state index contributed by atoms with van der Waals surface area (Å²) in [6, 6.07) is 8.44. The molecule has 0 radical (unpaired) electrons. The van der Waals surface area contributed by atoms with Crippen LogP contribution < -0.4 is 10.1 Å². The van der Waals surface area contributed by atoms with Crippen molar-refractivity contribution in [3.05, 3.63) is 29.8 Å². The fourth-order valence-electron chi connectivity index (χ4n) is 1.81. The zero-order valence-electron chi connectivity index (χ0n) is 13.1. The largest absolute Gasteiger partial charge is 0.492 e. The minimum absolute atomic E-state index is 0.205. The molecule has 0 heterocycles. The van der Waals surface area contributed by atoms with Crippen molar-refractivity contribution in [2.75, 3.05) is 19.7 Å². The third-order valence-corrected chi connectivity index (χ3v) is 3.17. The van der Waals surface area contributed by atoms with Gasteiger partial charge in [0.1, 0.15) is 12.4 Å². The Labute approximate surface area is 118 Å². The smallest absolute Gasteiger partial charge is 0.119 e. The van der Waals surface area contributed by atoms with Crippen LogP contribution in [0.5, 0.6) is 5.75 Å². The van der Waals surface area contributed by atoms with E-state index >= 15 is 0 Å². The van der Waals surface area contributed by atoms with Gasteiger partial charge in [0.25, 0.3) is 0 Å². The summed E-state index contributed by atoms with van der Waals surface area (Å²) < 4.78 is 5.72. The van der Waals surface area contributed by atoms with E-state index in [9.17, 15) is 0 Å². The van der Waals surface area contributed by atoms with Gasteiger partial charge in [-0.15, -0.1) is 0 Å². The van der Waals surface area contributed by atoms with E-state index in [0.29, 0.717) is 0 Å². The molecule has 0 amide bonds. The molecule has 0 saturated heterocycles. The molecule has 1 aromatic rings. The lowest BCUT2D eigenvalue weighted by molar-refractivity contribution is 0.312. The summed E-state index contributed by atoms with van der Waals surface area (Å²) >= 11 is 0. The Bertz CT molecular complexity index is 349. The van der Waals surface area contributed by atoms with E-state index in [0.717, 1.165) is 31.4 Å². The number of hydrogen-bond acceptors (Lipinski definition) is 2. The summed E-state index contributed by atoms with van der Waals surface area (Å²) in [4.78, 5) is 0. The first-order chi connectivity index (χ1) is 8.89. The van der Waals surface area contributed by atoms with Gasteiger partial charge in [-0.2, -0.15) is 0 Å². The second-order valence-corrected chi connectivity index (χ2v) is 6.56. The molecule has 0 atom stereocenters. The standard InChI is InChI=1S/C17H29NO/c1-14(2)10-11-18-12-13-19-16-8-6-15(7-9-16)17(3,4)5/h6-9,14,18H,10-13H2,1-5H3. The molecular formula is C17H29NO. The maximum absolute atomic E-state index is 5.72. The predicted octanol–water partition coefficient (Wildman–Crippen LogP) is 4.00. The van der Waals surface area contributed by atoms with Crippen LogP contribution in [0, 0.1) is 5.92 Å². The van der Waals surface area contributed by atoms with Crippen LogP contribution in [0.25, 0.3) is 0 Å². The third-order valence-electron chi connectivity index (χ3n) is 3.17. The van der Waals surface area contributed by atoms with Gasteiger partial charge < -0.3 is 10.1 Å². The van der Waals surface area contributed by atoms with Gasteiger partial charge in [-0.3, -0.25) is 0 Å². The molecule has 0 aliphatic heterocycles. The molecule has 1 rings (SSSR count). The molecule has 19 heavy (non-hydrogen) atoms. The first kappa shape index (κ1) is 16.0. The number of benzene rings is 1. The quantitative estimate of drug-likeness (QED) is 0.751. The Balaban J connectivity index is 2.23. The lowest BCUT2D eigenvalue weighted by atomic mass is 9.87. The predicted molar refractivity (Wildman–Crippen MR) is 83.0 cm³/mol. The van der Waals surface area contributed by atoms with Crippen molar-refractivity contribution in [2.24, 2.45) is 5.92 Å². The van der Waals surface area contributed by atoms with Crippen LogP contribution >= 0.6 is 0 Å². The van der Waals surface area contributed by atoms with Gasteiger partial charge in [0.15, 0.2) is 0 Å². The summed E-state index contributed by atoms with van der Waals surface area (Å²) in [5.41, 5.74) is 1.55. The molecule has 0 aliphatic rings. The Kier molecular flexibility index (Phi) is 6.36. The van der Waals surface area contributed by atoms with E-state index in [1.807, 2.05) is 0 Å². The maximum Gasteiger partial charge on any atom is 0.119 e. The number of rotatable bonds is 7. The summed E-state index contributed by atoms with van der Waals surface area (Å²) in [7, 11) is 0. The van der Waals surface area contributed by atoms with Gasteiger partial charge in [0, 0.05) is 6.54 Å². The van der Waals surface area contributed by atoms with Crippen LogP contribution in [0.4, 0.5) is 0 Å². The second kappa shape index (κ2) is 7.54. The highest BCUT2D eigenvalue weighted by molar-refractivity contribution is 5.31. The van der Waals surface area contributed by atoms with Crippen molar-refractivity contribution >= 4 is 0 Å². The minimum atomic E-state index is 0.205. The lowest BCUT2D eigenvalue weighted by Crippen LogP contribution is -2.23. The molecule has 1 N–H and O–H groups in total. The van der Waals surface area contributed by atoms with Crippen molar-refractivity contribution in [3.8, 4) is 5.75 Å². The molecule has 0 bridgehead atoms. The normalized spacial score (nSPS) is 11.9. The number of hydrogen-bond donors (Lipinski definition) is 1. The van der Waals surface area contributed by atoms with Gasteiger partial charge >= 0.3 is 0 Å². The van der Waals surface area contributed by atoms with Gasteiger partial charge in [-0.25, -0.2) is 0 Å². The van der Waals surface area contributed by atoms with Gasteiger partial charge in [-0.1, -0.05) is 46.8 Å².